The molecule has 5 nitrogen and oxygen atoms in total. The number of hydrogen-bond acceptors (Lipinski definition) is 3. The molecule has 0 bridgehead atoms. The first-order chi connectivity index (χ1) is 14.7. The molecule has 1 aliphatic carbocycles. The normalized spacial score (nSPS) is 13.4. The van der Waals surface area contributed by atoms with E-state index in [1.807, 2.05) is 36.4 Å². The van der Waals surface area contributed by atoms with E-state index in [1.165, 1.54) is 6.07 Å². The standard InChI is InChI=1S/C25H19N3O2/c29-28(30)24-12-7-15-26-25(24)19-13-14-23-21(16-19)22(18-8-3-1-4-9-18)17-27(23)20-10-5-2-6-11-20/h1,3-5,7-17H,2,6H2. The van der Waals surface area contributed by atoms with Crippen molar-refractivity contribution in [1.29, 1.82) is 0 Å². The Hall–Kier alpha value is -3.99. The molecule has 0 amide bonds. The molecule has 0 spiro atoms. The summed E-state index contributed by atoms with van der Waals surface area (Å²) in [5.41, 5.74) is 5.53. The molecule has 0 saturated heterocycles. The van der Waals surface area contributed by atoms with Gasteiger partial charge in [0.15, 0.2) is 0 Å². The van der Waals surface area contributed by atoms with Crippen LogP contribution in [0.4, 0.5) is 5.69 Å². The van der Waals surface area contributed by atoms with E-state index in [2.05, 4.69) is 46.1 Å². The van der Waals surface area contributed by atoms with Crippen molar-refractivity contribution in [3.05, 3.63) is 101 Å². The van der Waals surface area contributed by atoms with Crippen LogP contribution in [-0.4, -0.2) is 14.5 Å². The van der Waals surface area contributed by atoms with Gasteiger partial charge in [-0.25, -0.2) is 4.98 Å². The van der Waals surface area contributed by atoms with Crippen molar-refractivity contribution >= 4 is 22.3 Å². The average molecular weight is 393 g/mol. The van der Waals surface area contributed by atoms with Gasteiger partial charge in [0, 0.05) is 40.7 Å². The minimum Gasteiger partial charge on any atom is -0.316 e. The van der Waals surface area contributed by atoms with E-state index in [1.54, 1.807) is 12.3 Å². The van der Waals surface area contributed by atoms with Crippen LogP contribution in [0.5, 0.6) is 0 Å². The summed E-state index contributed by atoms with van der Waals surface area (Å²) in [6.07, 6.45) is 12.4. The van der Waals surface area contributed by atoms with E-state index in [4.69, 9.17) is 0 Å². The van der Waals surface area contributed by atoms with Gasteiger partial charge in [-0.05, 0) is 42.7 Å². The van der Waals surface area contributed by atoms with Crippen LogP contribution in [0.3, 0.4) is 0 Å². The van der Waals surface area contributed by atoms with Gasteiger partial charge in [-0.1, -0.05) is 48.6 Å². The number of rotatable bonds is 4. The fraction of sp³-hybridized carbons (Fsp3) is 0.0800. The minimum atomic E-state index is -0.382. The Bertz CT molecular complexity index is 1320. The van der Waals surface area contributed by atoms with Crippen LogP contribution < -0.4 is 0 Å². The molecule has 0 aliphatic heterocycles. The predicted octanol–water partition coefficient (Wildman–Crippen LogP) is 6.47. The molecular weight excluding hydrogens is 374 g/mol. The number of pyridine rings is 1. The summed E-state index contributed by atoms with van der Waals surface area (Å²) in [4.78, 5) is 15.4. The van der Waals surface area contributed by atoms with Crippen LogP contribution >= 0.6 is 0 Å². The first-order valence-corrected chi connectivity index (χ1v) is 9.90. The van der Waals surface area contributed by atoms with Gasteiger partial charge in [0.25, 0.3) is 5.69 Å². The topological polar surface area (TPSA) is 61.0 Å². The largest absolute Gasteiger partial charge is 0.316 e. The van der Waals surface area contributed by atoms with Gasteiger partial charge in [-0.2, -0.15) is 0 Å². The molecule has 2 aromatic carbocycles. The first kappa shape index (κ1) is 18.1. The van der Waals surface area contributed by atoms with E-state index in [9.17, 15) is 10.1 Å². The van der Waals surface area contributed by atoms with E-state index in [0.29, 0.717) is 5.69 Å². The van der Waals surface area contributed by atoms with Crippen LogP contribution in [0.2, 0.25) is 0 Å². The summed E-state index contributed by atoms with van der Waals surface area (Å²) in [7, 11) is 0. The van der Waals surface area contributed by atoms with Crippen LogP contribution in [-0.2, 0) is 0 Å². The molecule has 5 heteroatoms. The zero-order chi connectivity index (χ0) is 20.5. The van der Waals surface area contributed by atoms with E-state index >= 15 is 0 Å². The third kappa shape index (κ3) is 3.10. The van der Waals surface area contributed by atoms with Crippen molar-refractivity contribution in [3.8, 4) is 22.4 Å². The molecule has 146 valence electrons. The second-order valence-electron chi connectivity index (χ2n) is 7.25. The molecular formula is C25H19N3O2. The summed E-state index contributed by atoms with van der Waals surface area (Å²) < 4.78 is 2.20. The monoisotopic (exact) mass is 393 g/mol. The molecule has 0 radical (unpaired) electrons. The molecule has 2 heterocycles. The predicted molar refractivity (Wildman–Crippen MR) is 120 cm³/mol. The van der Waals surface area contributed by atoms with E-state index in [0.717, 1.165) is 46.1 Å². The molecule has 0 saturated carbocycles. The lowest BCUT2D eigenvalue weighted by atomic mass is 10.0. The number of aromatic nitrogens is 2. The maximum Gasteiger partial charge on any atom is 0.295 e. The number of fused-ring (bicyclic) bond motifs is 1. The number of nitro groups is 1. The van der Waals surface area contributed by atoms with Crippen LogP contribution in [0.15, 0.2) is 91.3 Å². The third-order valence-electron chi connectivity index (χ3n) is 5.40. The van der Waals surface area contributed by atoms with E-state index < -0.39 is 0 Å². The fourth-order valence-corrected chi connectivity index (χ4v) is 3.98. The Morgan fingerprint density at radius 1 is 0.967 bits per heavy atom. The molecule has 5 rings (SSSR count). The molecule has 0 N–H and O–H groups in total. The van der Waals surface area contributed by atoms with Crippen molar-refractivity contribution in [1.82, 2.24) is 9.55 Å². The summed E-state index contributed by atoms with van der Waals surface area (Å²) in [6.45, 7) is 0. The smallest absolute Gasteiger partial charge is 0.295 e. The quantitative estimate of drug-likeness (QED) is 0.295. The molecule has 2 aromatic heterocycles. The zero-order valence-electron chi connectivity index (χ0n) is 16.2. The van der Waals surface area contributed by atoms with Gasteiger partial charge < -0.3 is 4.57 Å². The molecule has 0 unspecified atom stereocenters. The molecule has 4 aromatic rings. The number of benzene rings is 2. The van der Waals surface area contributed by atoms with Crippen LogP contribution in [0.25, 0.3) is 39.0 Å². The summed E-state index contributed by atoms with van der Waals surface area (Å²) >= 11 is 0. The average Bonchev–Trinajstić information content (AvgIpc) is 3.19. The zero-order valence-corrected chi connectivity index (χ0v) is 16.2. The van der Waals surface area contributed by atoms with Crippen molar-refractivity contribution in [2.45, 2.75) is 12.8 Å². The number of allylic oxidation sites excluding steroid dienone is 4. The minimum absolute atomic E-state index is 0.00969. The Morgan fingerprint density at radius 3 is 2.60 bits per heavy atom. The van der Waals surface area contributed by atoms with Crippen molar-refractivity contribution < 1.29 is 4.92 Å². The lowest BCUT2D eigenvalue weighted by molar-refractivity contribution is -0.384. The van der Waals surface area contributed by atoms with Crippen molar-refractivity contribution in [2.24, 2.45) is 0 Å². The maximum atomic E-state index is 11.5. The molecule has 30 heavy (non-hydrogen) atoms. The highest BCUT2D eigenvalue weighted by Crippen LogP contribution is 2.37. The van der Waals surface area contributed by atoms with Gasteiger partial charge >= 0.3 is 0 Å². The highest BCUT2D eigenvalue weighted by molar-refractivity contribution is 6.00. The summed E-state index contributed by atoms with van der Waals surface area (Å²) in [6, 6.07) is 19.2. The van der Waals surface area contributed by atoms with Gasteiger partial charge in [0.2, 0.25) is 0 Å². The highest BCUT2D eigenvalue weighted by Gasteiger charge is 2.19. The van der Waals surface area contributed by atoms with Crippen molar-refractivity contribution in [2.75, 3.05) is 0 Å². The lowest BCUT2D eigenvalue weighted by Crippen LogP contribution is -1.96. The SMILES string of the molecule is O=[N+]([O-])c1cccnc1-c1ccc2c(c1)c(-c1ccccc1)cn2C1=CCCC=C1. The Labute approximate surface area is 173 Å². The Kier molecular flexibility index (Phi) is 4.48. The molecule has 0 fully saturated rings. The molecule has 0 atom stereocenters. The summed E-state index contributed by atoms with van der Waals surface area (Å²) in [5, 5.41) is 12.5. The number of hydrogen-bond donors (Lipinski definition) is 0. The molecule has 1 aliphatic rings. The van der Waals surface area contributed by atoms with E-state index in [-0.39, 0.29) is 10.6 Å². The van der Waals surface area contributed by atoms with Crippen molar-refractivity contribution in [3.63, 3.8) is 0 Å². The van der Waals surface area contributed by atoms with Crippen LogP contribution in [0.1, 0.15) is 12.8 Å². The van der Waals surface area contributed by atoms with Gasteiger partial charge in [-0.3, -0.25) is 10.1 Å². The van der Waals surface area contributed by atoms with Gasteiger partial charge in [0.1, 0.15) is 5.69 Å². The third-order valence-corrected chi connectivity index (χ3v) is 5.40. The Balaban J connectivity index is 1.76. The van der Waals surface area contributed by atoms with Gasteiger partial charge in [-0.15, -0.1) is 0 Å². The second kappa shape index (κ2) is 7.44. The first-order valence-electron chi connectivity index (χ1n) is 9.90. The summed E-state index contributed by atoms with van der Waals surface area (Å²) in [5.74, 6) is 0. The highest BCUT2D eigenvalue weighted by atomic mass is 16.6. The van der Waals surface area contributed by atoms with Gasteiger partial charge in [0.05, 0.1) is 10.4 Å². The maximum absolute atomic E-state index is 11.5. The Morgan fingerprint density at radius 2 is 1.83 bits per heavy atom. The second-order valence-corrected chi connectivity index (χ2v) is 7.25. The lowest BCUT2D eigenvalue weighted by Gasteiger charge is -2.10. The van der Waals surface area contributed by atoms with Crippen LogP contribution in [0, 0.1) is 10.1 Å². The fourth-order valence-electron chi connectivity index (χ4n) is 3.98. The number of nitrogens with zero attached hydrogens (tertiary/aromatic N) is 3.